The lowest BCUT2D eigenvalue weighted by atomic mass is 9.91. The molecular formula is C35H41FN4O6. The first-order valence-electron chi connectivity index (χ1n) is 15.7. The third-order valence-electron chi connectivity index (χ3n) is 7.97. The second-order valence-electron chi connectivity index (χ2n) is 12.7. The van der Waals surface area contributed by atoms with Crippen LogP contribution in [0.3, 0.4) is 0 Å². The maximum absolute atomic E-state index is 14.3. The monoisotopic (exact) mass is 632 g/mol. The van der Waals surface area contributed by atoms with Crippen LogP contribution in [0.1, 0.15) is 72.7 Å². The highest BCUT2D eigenvalue weighted by molar-refractivity contribution is 5.96. The molecule has 1 saturated heterocycles. The van der Waals surface area contributed by atoms with Crippen molar-refractivity contribution in [2.24, 2.45) is 0 Å². The largest absolute Gasteiger partial charge is 0.444 e. The highest BCUT2D eigenvalue weighted by Crippen LogP contribution is 2.32. The van der Waals surface area contributed by atoms with Gasteiger partial charge in [-0.3, -0.25) is 14.5 Å². The Hall–Kier alpha value is -4.35. The molecule has 2 N–H and O–H groups in total. The molecule has 0 unspecified atom stereocenters. The molecule has 0 radical (unpaired) electrons. The third kappa shape index (κ3) is 9.11. The first-order valence-corrected chi connectivity index (χ1v) is 15.7. The minimum Gasteiger partial charge on any atom is -0.444 e. The molecule has 1 aliphatic heterocycles. The summed E-state index contributed by atoms with van der Waals surface area (Å²) in [5, 5.41) is 5.88. The van der Waals surface area contributed by atoms with Crippen LogP contribution in [0, 0.1) is 5.82 Å². The highest BCUT2D eigenvalue weighted by Gasteiger charge is 2.27. The summed E-state index contributed by atoms with van der Waals surface area (Å²) in [6.07, 6.45) is 4.02. The van der Waals surface area contributed by atoms with E-state index in [0.29, 0.717) is 56.8 Å². The summed E-state index contributed by atoms with van der Waals surface area (Å²) in [7, 11) is 0. The number of pyridine rings is 1. The van der Waals surface area contributed by atoms with Crippen LogP contribution in [-0.2, 0) is 16.0 Å². The van der Waals surface area contributed by atoms with Crippen LogP contribution < -0.4 is 15.4 Å². The van der Waals surface area contributed by atoms with Gasteiger partial charge in [-0.05, 0) is 87.4 Å². The quantitative estimate of drug-likeness (QED) is 0.281. The molecule has 2 amide bonds. The van der Waals surface area contributed by atoms with E-state index in [4.69, 9.17) is 14.2 Å². The van der Waals surface area contributed by atoms with Gasteiger partial charge in [0.15, 0.2) is 0 Å². The van der Waals surface area contributed by atoms with Gasteiger partial charge in [0.2, 0.25) is 5.88 Å². The van der Waals surface area contributed by atoms with E-state index in [0.717, 1.165) is 48.3 Å². The van der Waals surface area contributed by atoms with Crippen molar-refractivity contribution in [1.82, 2.24) is 20.5 Å². The Morgan fingerprint density at radius 3 is 2.43 bits per heavy atom. The second kappa shape index (κ2) is 14.8. The van der Waals surface area contributed by atoms with E-state index in [1.54, 1.807) is 12.1 Å². The zero-order valence-electron chi connectivity index (χ0n) is 26.5. The molecule has 2 aliphatic rings. The van der Waals surface area contributed by atoms with Gasteiger partial charge in [0.25, 0.3) is 5.91 Å². The van der Waals surface area contributed by atoms with Crippen molar-refractivity contribution in [2.45, 2.75) is 70.7 Å². The van der Waals surface area contributed by atoms with Gasteiger partial charge in [-0.1, -0.05) is 24.3 Å². The lowest BCUT2D eigenvalue weighted by molar-refractivity contribution is 0.0342. The number of morpholine rings is 1. The van der Waals surface area contributed by atoms with E-state index >= 15 is 0 Å². The number of carbonyl (C=O) groups excluding carboxylic acids is 3. The van der Waals surface area contributed by atoms with E-state index in [2.05, 4.69) is 20.5 Å². The summed E-state index contributed by atoms with van der Waals surface area (Å²) in [5.74, 6) is -0.726. The Bertz CT molecular complexity index is 1540. The second-order valence-corrected chi connectivity index (χ2v) is 12.7. The molecule has 2 heterocycles. The number of alkyl carbamates (subject to hydrolysis) is 1. The lowest BCUT2D eigenvalue weighted by Gasteiger charge is -2.30. The van der Waals surface area contributed by atoms with Crippen LogP contribution >= 0.6 is 0 Å². The molecule has 5 rings (SSSR count). The van der Waals surface area contributed by atoms with Crippen molar-refractivity contribution >= 4 is 18.3 Å². The van der Waals surface area contributed by atoms with Crippen molar-refractivity contribution in [3.8, 4) is 22.8 Å². The summed E-state index contributed by atoms with van der Waals surface area (Å²) in [6.45, 7) is 9.04. The smallest absolute Gasteiger partial charge is 0.407 e. The average Bonchev–Trinajstić information content (AvgIpc) is 3.02. The molecule has 0 atom stereocenters. The van der Waals surface area contributed by atoms with Gasteiger partial charge in [-0.2, -0.15) is 0 Å². The minimum atomic E-state index is -0.653. The molecule has 1 aliphatic carbocycles. The number of rotatable bonds is 9. The number of aldehydes is 1. The topological polar surface area (TPSA) is 119 Å². The van der Waals surface area contributed by atoms with E-state index in [1.165, 1.54) is 0 Å². The summed E-state index contributed by atoms with van der Waals surface area (Å²) in [6, 6.07) is 13.9. The first kappa shape index (κ1) is 33.0. The van der Waals surface area contributed by atoms with Crippen molar-refractivity contribution in [3.63, 3.8) is 0 Å². The normalized spacial score (nSPS) is 18.8. The maximum atomic E-state index is 14.3. The highest BCUT2D eigenvalue weighted by atomic mass is 19.1. The summed E-state index contributed by atoms with van der Waals surface area (Å²) >= 11 is 0. The molecule has 46 heavy (non-hydrogen) atoms. The average molecular weight is 633 g/mol. The zero-order valence-corrected chi connectivity index (χ0v) is 26.5. The number of aromatic nitrogens is 1. The summed E-state index contributed by atoms with van der Waals surface area (Å²) in [5.41, 5.74) is 2.82. The van der Waals surface area contributed by atoms with Crippen LogP contribution in [0.5, 0.6) is 11.6 Å². The first-order chi connectivity index (χ1) is 22.1. The van der Waals surface area contributed by atoms with Gasteiger partial charge in [0, 0.05) is 37.3 Å². The molecule has 0 spiro atoms. The third-order valence-corrected chi connectivity index (χ3v) is 7.97. The predicted molar refractivity (Wildman–Crippen MR) is 171 cm³/mol. The summed E-state index contributed by atoms with van der Waals surface area (Å²) < 4.78 is 31.2. The molecule has 2 fully saturated rings. The number of carbonyl (C=O) groups is 3. The summed E-state index contributed by atoms with van der Waals surface area (Å²) in [4.78, 5) is 43.4. The number of benzene rings is 2. The van der Waals surface area contributed by atoms with Crippen molar-refractivity contribution in [3.05, 3.63) is 77.2 Å². The van der Waals surface area contributed by atoms with Gasteiger partial charge in [0.1, 0.15) is 29.0 Å². The minimum absolute atomic E-state index is 0.0113. The van der Waals surface area contributed by atoms with Crippen LogP contribution in [0.4, 0.5) is 9.18 Å². The number of ether oxygens (including phenoxy) is 3. The van der Waals surface area contributed by atoms with Gasteiger partial charge < -0.3 is 24.8 Å². The van der Waals surface area contributed by atoms with Gasteiger partial charge in [-0.25, -0.2) is 14.2 Å². The van der Waals surface area contributed by atoms with E-state index in [1.807, 2.05) is 51.1 Å². The van der Waals surface area contributed by atoms with Crippen LogP contribution in [0.15, 0.2) is 54.7 Å². The Morgan fingerprint density at radius 2 is 1.74 bits per heavy atom. The van der Waals surface area contributed by atoms with Crippen molar-refractivity contribution in [1.29, 1.82) is 0 Å². The van der Waals surface area contributed by atoms with Crippen molar-refractivity contribution in [2.75, 3.05) is 26.3 Å². The molecular weight excluding hydrogens is 591 g/mol. The van der Waals surface area contributed by atoms with E-state index < -0.39 is 23.4 Å². The fraction of sp³-hybridized carbons (Fsp3) is 0.429. The zero-order chi connectivity index (χ0) is 32.7. The SMILES string of the molecule is CC(C)(C)OC(=O)NC1CCC(NC(=O)c2cc(F)cnc2Oc2cccc(-c3ccc(C=O)cc3CN3CCOCC3)c2)CC1. The van der Waals surface area contributed by atoms with Gasteiger partial charge in [0.05, 0.1) is 19.4 Å². The molecule has 1 saturated carbocycles. The Morgan fingerprint density at radius 1 is 1.02 bits per heavy atom. The Labute approximate surface area is 268 Å². The molecule has 10 nitrogen and oxygen atoms in total. The maximum Gasteiger partial charge on any atom is 0.407 e. The fourth-order valence-corrected chi connectivity index (χ4v) is 5.73. The van der Waals surface area contributed by atoms with Crippen LogP contribution in [0.25, 0.3) is 11.1 Å². The standard InChI is InChI=1S/C35H41FN4O6/c1-35(2,3)46-34(43)39-28-10-8-27(9-11-28)38-32(42)31-19-26(36)20-37-33(31)45-29-6-4-5-24(18-29)30-12-7-23(22-41)17-25(30)21-40-13-15-44-16-14-40/h4-7,12,17-20,22,27-28H,8-11,13-16,21H2,1-3H3,(H,38,42)(H,39,43). The van der Waals surface area contributed by atoms with Crippen molar-refractivity contribution < 1.29 is 33.0 Å². The Kier molecular flexibility index (Phi) is 10.6. The number of nitrogens with zero attached hydrogens (tertiary/aromatic N) is 2. The lowest BCUT2D eigenvalue weighted by Crippen LogP contribution is -2.45. The fourth-order valence-electron chi connectivity index (χ4n) is 5.73. The van der Waals surface area contributed by atoms with Gasteiger partial charge >= 0.3 is 6.09 Å². The van der Waals surface area contributed by atoms with Crippen LogP contribution in [-0.4, -0.2) is 72.2 Å². The Balaban J connectivity index is 1.27. The molecule has 2 aromatic carbocycles. The van der Waals surface area contributed by atoms with E-state index in [-0.39, 0.29) is 23.5 Å². The van der Waals surface area contributed by atoms with E-state index in [9.17, 15) is 18.8 Å². The number of hydrogen-bond donors (Lipinski definition) is 2. The van der Waals surface area contributed by atoms with Gasteiger partial charge in [-0.15, -0.1) is 0 Å². The molecule has 0 bridgehead atoms. The number of hydrogen-bond acceptors (Lipinski definition) is 8. The number of nitrogens with one attached hydrogen (secondary N) is 2. The molecule has 3 aromatic rings. The van der Waals surface area contributed by atoms with Crippen LogP contribution in [0.2, 0.25) is 0 Å². The predicted octanol–water partition coefficient (Wildman–Crippen LogP) is 5.89. The molecule has 244 valence electrons. The molecule has 1 aromatic heterocycles. The number of amides is 2. The number of halogens is 1. The molecule has 11 heteroatoms.